The third kappa shape index (κ3) is 2.29. The quantitative estimate of drug-likeness (QED) is 0.788. The lowest BCUT2D eigenvalue weighted by molar-refractivity contribution is 0.275. The summed E-state index contributed by atoms with van der Waals surface area (Å²) >= 11 is 0. The summed E-state index contributed by atoms with van der Waals surface area (Å²) in [6.45, 7) is 4.46. The van der Waals surface area contributed by atoms with Gasteiger partial charge in [-0.15, -0.1) is 0 Å². The number of hydrogen-bond donors (Lipinski definition) is 1. The van der Waals surface area contributed by atoms with Crippen LogP contribution in [0.4, 0.5) is 0 Å². The molecule has 112 valence electrons. The predicted octanol–water partition coefficient (Wildman–Crippen LogP) is 3.27. The van der Waals surface area contributed by atoms with Crippen molar-refractivity contribution in [2.24, 2.45) is 5.92 Å². The number of rotatable bonds is 2. The Hall–Kier alpha value is -2.20. The second-order valence-electron chi connectivity index (χ2n) is 6.11. The summed E-state index contributed by atoms with van der Waals surface area (Å²) in [5, 5.41) is 4.63. The van der Waals surface area contributed by atoms with Crippen LogP contribution in [0.3, 0.4) is 0 Å². The number of nitrogens with one attached hydrogen (secondary N) is 1. The van der Waals surface area contributed by atoms with Crippen LogP contribution in [0.15, 0.2) is 48.9 Å². The Labute approximate surface area is 130 Å². The van der Waals surface area contributed by atoms with Crippen molar-refractivity contribution in [3.05, 3.63) is 48.9 Å². The standard InChI is InChI=1S/C18H20N4/c1-13-12-19-8-6-17(13)22-10-9-21-18(22)15-4-5-16-14(11-15)3-2-7-20-16/h2-5,7,9-11,13,17,19H,6,8,12H2,1H3/t13-,17-/m1/s1. The Morgan fingerprint density at radius 3 is 3.05 bits per heavy atom. The van der Waals surface area contributed by atoms with E-state index in [9.17, 15) is 0 Å². The minimum absolute atomic E-state index is 0.517. The third-order valence-electron chi connectivity index (χ3n) is 4.63. The van der Waals surface area contributed by atoms with Gasteiger partial charge >= 0.3 is 0 Å². The molecule has 4 rings (SSSR count). The van der Waals surface area contributed by atoms with Crippen LogP contribution in [0, 0.1) is 5.92 Å². The zero-order valence-corrected chi connectivity index (χ0v) is 12.7. The molecule has 1 fully saturated rings. The molecular weight excluding hydrogens is 272 g/mol. The maximum Gasteiger partial charge on any atom is 0.140 e. The van der Waals surface area contributed by atoms with E-state index in [4.69, 9.17) is 0 Å². The van der Waals surface area contributed by atoms with Crippen molar-refractivity contribution >= 4 is 10.9 Å². The molecule has 0 spiro atoms. The fourth-order valence-electron chi connectivity index (χ4n) is 3.43. The van der Waals surface area contributed by atoms with Gasteiger partial charge in [-0.25, -0.2) is 4.98 Å². The molecule has 0 bridgehead atoms. The third-order valence-corrected chi connectivity index (χ3v) is 4.63. The van der Waals surface area contributed by atoms with Gasteiger partial charge in [-0.1, -0.05) is 13.0 Å². The summed E-state index contributed by atoms with van der Waals surface area (Å²) in [5.41, 5.74) is 2.19. The number of imidazole rings is 1. The summed E-state index contributed by atoms with van der Waals surface area (Å²) < 4.78 is 2.35. The molecule has 1 aliphatic rings. The summed E-state index contributed by atoms with van der Waals surface area (Å²) in [4.78, 5) is 9.02. The lowest BCUT2D eigenvalue weighted by atomic mass is 9.94. The molecule has 3 aromatic rings. The van der Waals surface area contributed by atoms with Gasteiger partial charge < -0.3 is 9.88 Å². The maximum absolute atomic E-state index is 4.63. The van der Waals surface area contributed by atoms with Crippen LogP contribution >= 0.6 is 0 Å². The van der Waals surface area contributed by atoms with E-state index >= 15 is 0 Å². The maximum atomic E-state index is 4.63. The molecule has 1 N–H and O–H groups in total. The Morgan fingerprint density at radius 1 is 1.18 bits per heavy atom. The minimum atomic E-state index is 0.517. The van der Waals surface area contributed by atoms with E-state index in [1.54, 1.807) is 0 Å². The van der Waals surface area contributed by atoms with Crippen LogP contribution < -0.4 is 5.32 Å². The van der Waals surface area contributed by atoms with Gasteiger partial charge in [0.05, 0.1) is 5.52 Å². The molecule has 0 radical (unpaired) electrons. The van der Waals surface area contributed by atoms with Crippen LogP contribution in [0.25, 0.3) is 22.3 Å². The number of benzene rings is 1. The van der Waals surface area contributed by atoms with Crippen molar-refractivity contribution < 1.29 is 0 Å². The van der Waals surface area contributed by atoms with Gasteiger partial charge in [-0.2, -0.15) is 0 Å². The van der Waals surface area contributed by atoms with Crippen LogP contribution in [-0.2, 0) is 0 Å². The van der Waals surface area contributed by atoms with E-state index in [0.29, 0.717) is 12.0 Å². The molecule has 1 saturated heterocycles. The first-order valence-electron chi connectivity index (χ1n) is 7.91. The molecule has 22 heavy (non-hydrogen) atoms. The molecule has 2 atom stereocenters. The van der Waals surface area contributed by atoms with Gasteiger partial charge in [0, 0.05) is 35.6 Å². The first-order chi connectivity index (χ1) is 10.8. The van der Waals surface area contributed by atoms with E-state index in [2.05, 4.69) is 57.2 Å². The molecule has 4 heteroatoms. The van der Waals surface area contributed by atoms with E-state index < -0.39 is 0 Å². The molecule has 3 heterocycles. The largest absolute Gasteiger partial charge is 0.328 e. The highest BCUT2D eigenvalue weighted by molar-refractivity contribution is 5.83. The summed E-state index contributed by atoms with van der Waals surface area (Å²) in [7, 11) is 0. The molecule has 2 aromatic heterocycles. The summed E-state index contributed by atoms with van der Waals surface area (Å²) in [6, 6.07) is 11.0. The van der Waals surface area contributed by atoms with Crippen molar-refractivity contribution in [3.8, 4) is 11.4 Å². The molecular formula is C18H20N4. The van der Waals surface area contributed by atoms with Crippen LogP contribution in [0.1, 0.15) is 19.4 Å². The Morgan fingerprint density at radius 2 is 2.14 bits per heavy atom. The average Bonchev–Trinajstić information content (AvgIpc) is 3.04. The van der Waals surface area contributed by atoms with Crippen molar-refractivity contribution in [2.75, 3.05) is 13.1 Å². The summed E-state index contributed by atoms with van der Waals surface area (Å²) in [6.07, 6.45) is 7.02. The highest BCUT2D eigenvalue weighted by Gasteiger charge is 2.24. The van der Waals surface area contributed by atoms with Crippen LogP contribution in [-0.4, -0.2) is 27.6 Å². The van der Waals surface area contributed by atoms with Gasteiger partial charge in [0.1, 0.15) is 5.82 Å². The molecule has 0 amide bonds. The average molecular weight is 292 g/mol. The Bertz CT molecular complexity index is 792. The van der Waals surface area contributed by atoms with Gasteiger partial charge in [0.25, 0.3) is 0 Å². The lowest BCUT2D eigenvalue weighted by Gasteiger charge is -2.31. The van der Waals surface area contributed by atoms with E-state index in [1.807, 2.05) is 18.5 Å². The normalized spacial score (nSPS) is 22.0. The summed E-state index contributed by atoms with van der Waals surface area (Å²) in [5.74, 6) is 1.67. The smallest absolute Gasteiger partial charge is 0.140 e. The number of piperidine rings is 1. The highest BCUT2D eigenvalue weighted by Crippen LogP contribution is 2.30. The van der Waals surface area contributed by atoms with Gasteiger partial charge in [-0.3, -0.25) is 4.98 Å². The number of aromatic nitrogens is 3. The first-order valence-corrected chi connectivity index (χ1v) is 7.91. The van der Waals surface area contributed by atoms with E-state index in [0.717, 1.165) is 41.8 Å². The monoisotopic (exact) mass is 292 g/mol. The molecule has 0 unspecified atom stereocenters. The minimum Gasteiger partial charge on any atom is -0.328 e. The number of fused-ring (bicyclic) bond motifs is 1. The number of pyridine rings is 1. The van der Waals surface area contributed by atoms with Crippen molar-refractivity contribution in [1.82, 2.24) is 19.9 Å². The van der Waals surface area contributed by atoms with E-state index in [1.165, 1.54) is 0 Å². The second-order valence-corrected chi connectivity index (χ2v) is 6.11. The second kappa shape index (κ2) is 5.54. The first kappa shape index (κ1) is 13.5. The topological polar surface area (TPSA) is 42.7 Å². The zero-order chi connectivity index (χ0) is 14.9. The number of hydrogen-bond acceptors (Lipinski definition) is 3. The van der Waals surface area contributed by atoms with Gasteiger partial charge in [0.15, 0.2) is 0 Å². The Balaban J connectivity index is 1.77. The molecule has 0 aliphatic carbocycles. The molecule has 0 saturated carbocycles. The molecule has 1 aromatic carbocycles. The number of nitrogens with zero attached hydrogens (tertiary/aromatic N) is 3. The lowest BCUT2D eigenvalue weighted by Crippen LogP contribution is -2.36. The van der Waals surface area contributed by atoms with Crippen LogP contribution in [0.2, 0.25) is 0 Å². The predicted molar refractivity (Wildman–Crippen MR) is 88.7 cm³/mol. The van der Waals surface area contributed by atoms with E-state index in [-0.39, 0.29) is 0 Å². The zero-order valence-electron chi connectivity index (χ0n) is 12.7. The molecule has 1 aliphatic heterocycles. The fraction of sp³-hybridized carbons (Fsp3) is 0.333. The fourth-order valence-corrected chi connectivity index (χ4v) is 3.43. The molecule has 4 nitrogen and oxygen atoms in total. The van der Waals surface area contributed by atoms with Crippen LogP contribution in [0.5, 0.6) is 0 Å². The highest BCUT2D eigenvalue weighted by atomic mass is 15.1. The van der Waals surface area contributed by atoms with Gasteiger partial charge in [0.2, 0.25) is 0 Å². The SMILES string of the molecule is C[C@@H]1CNCC[C@H]1n1ccnc1-c1ccc2ncccc2c1. The van der Waals surface area contributed by atoms with Crippen molar-refractivity contribution in [2.45, 2.75) is 19.4 Å². The van der Waals surface area contributed by atoms with Crippen molar-refractivity contribution in [1.29, 1.82) is 0 Å². The Kier molecular flexibility index (Phi) is 3.39. The van der Waals surface area contributed by atoms with Gasteiger partial charge in [-0.05, 0) is 49.7 Å². The van der Waals surface area contributed by atoms with Crippen molar-refractivity contribution in [3.63, 3.8) is 0 Å².